The molecule has 0 spiro atoms. The van der Waals surface area contributed by atoms with Crippen LogP contribution in [-0.2, 0) is 0 Å². The predicted octanol–water partition coefficient (Wildman–Crippen LogP) is 15.2. The van der Waals surface area contributed by atoms with Crippen LogP contribution in [0, 0.1) is 0 Å². The third kappa shape index (κ3) is 4.96. The molecule has 0 atom stereocenters. The third-order valence-corrected chi connectivity index (χ3v) is 11.7. The van der Waals surface area contributed by atoms with E-state index in [0.717, 1.165) is 56.1 Å². The Morgan fingerprint density at radius 1 is 0.315 bits per heavy atom. The van der Waals surface area contributed by atoms with Crippen LogP contribution in [0.3, 0.4) is 0 Å². The molecule has 2 heterocycles. The smallest absolute Gasteiger partial charge is 0.135 e. The first-order valence-electron chi connectivity index (χ1n) is 18.3. The lowest BCUT2D eigenvalue weighted by atomic mass is 9.98. The van der Waals surface area contributed by atoms with Gasteiger partial charge in [0, 0.05) is 64.8 Å². The van der Waals surface area contributed by atoms with Gasteiger partial charge in [-0.2, -0.15) is 0 Å². The zero-order chi connectivity index (χ0) is 35.6. The summed E-state index contributed by atoms with van der Waals surface area (Å²) in [6, 6.07) is 69.8. The summed E-state index contributed by atoms with van der Waals surface area (Å²) in [7, 11) is 0. The third-order valence-electron chi connectivity index (χ3n) is 10.6. The molecule has 0 bridgehead atoms. The Labute approximate surface area is 316 Å². The maximum Gasteiger partial charge on any atom is 0.135 e. The van der Waals surface area contributed by atoms with Gasteiger partial charge in [0.25, 0.3) is 0 Å². The number of thiophene rings is 1. The van der Waals surface area contributed by atoms with Crippen molar-refractivity contribution in [2.24, 2.45) is 0 Å². The molecule has 0 N–H and O–H groups in total. The van der Waals surface area contributed by atoms with Crippen molar-refractivity contribution in [2.75, 3.05) is 9.80 Å². The van der Waals surface area contributed by atoms with Gasteiger partial charge in [-0.25, -0.2) is 0 Å². The van der Waals surface area contributed by atoms with Crippen LogP contribution in [0.5, 0.6) is 0 Å². The monoisotopic (exact) mass is 708 g/mol. The van der Waals surface area contributed by atoms with Gasteiger partial charge in [0.15, 0.2) is 0 Å². The van der Waals surface area contributed by atoms with Crippen molar-refractivity contribution in [1.82, 2.24) is 0 Å². The molecule has 4 heteroatoms. The quantitative estimate of drug-likeness (QED) is 0.160. The van der Waals surface area contributed by atoms with Gasteiger partial charge in [0.2, 0.25) is 0 Å². The van der Waals surface area contributed by atoms with Crippen LogP contribution in [0.15, 0.2) is 199 Å². The summed E-state index contributed by atoms with van der Waals surface area (Å²) >= 11 is 1.85. The van der Waals surface area contributed by atoms with E-state index >= 15 is 0 Å². The molecule has 54 heavy (non-hydrogen) atoms. The summed E-state index contributed by atoms with van der Waals surface area (Å²) in [5, 5.41) is 9.64. The Hall–Kier alpha value is -6.88. The summed E-state index contributed by atoms with van der Waals surface area (Å²) < 4.78 is 8.79. The van der Waals surface area contributed by atoms with Crippen LogP contribution < -0.4 is 9.80 Å². The van der Waals surface area contributed by atoms with E-state index in [1.807, 2.05) is 23.5 Å². The minimum absolute atomic E-state index is 0.888. The Morgan fingerprint density at radius 3 is 1.69 bits per heavy atom. The molecule has 254 valence electrons. The van der Waals surface area contributed by atoms with Crippen molar-refractivity contribution >= 4 is 109 Å². The molecule has 0 aliphatic rings. The molecule has 0 aliphatic heterocycles. The van der Waals surface area contributed by atoms with Gasteiger partial charge in [0.05, 0.1) is 5.69 Å². The molecule has 3 nitrogen and oxygen atoms in total. The number of anilines is 6. The van der Waals surface area contributed by atoms with Crippen molar-refractivity contribution in [2.45, 2.75) is 0 Å². The molecule has 0 saturated carbocycles. The van der Waals surface area contributed by atoms with Gasteiger partial charge in [-0.05, 0) is 101 Å². The molecule has 0 saturated heterocycles. The normalized spacial score (nSPS) is 11.7. The second-order valence-corrected chi connectivity index (χ2v) is 14.8. The highest BCUT2D eigenvalue weighted by molar-refractivity contribution is 7.25. The number of hydrogen-bond donors (Lipinski definition) is 0. The lowest BCUT2D eigenvalue weighted by molar-refractivity contribution is 0.669. The second-order valence-electron chi connectivity index (χ2n) is 13.7. The van der Waals surface area contributed by atoms with E-state index in [4.69, 9.17) is 4.42 Å². The second kappa shape index (κ2) is 12.4. The van der Waals surface area contributed by atoms with Crippen LogP contribution >= 0.6 is 11.3 Å². The first-order chi connectivity index (χ1) is 26.8. The van der Waals surface area contributed by atoms with Gasteiger partial charge in [-0.15, -0.1) is 11.3 Å². The standard InChI is InChI=1S/C50H32N2OS/c1-3-14-34(15-4-1)51(35-16-5-2-6-17-35)36-25-28-49-45(31-36)43-26-23-38(32-50(43)54-49)52(37-24-27-48-44(30-37)42-21-11-12-22-47(42)53-48)46-29-33-13-7-8-18-39(33)40-19-9-10-20-41(40)46/h1-32H. The van der Waals surface area contributed by atoms with Crippen molar-refractivity contribution in [3.8, 4) is 0 Å². The molecular weight excluding hydrogens is 677 g/mol. The van der Waals surface area contributed by atoms with Crippen LogP contribution in [0.1, 0.15) is 0 Å². The Bertz CT molecular complexity index is 3140. The summed E-state index contributed by atoms with van der Waals surface area (Å²) in [6.45, 7) is 0. The molecule has 0 fully saturated rings. The van der Waals surface area contributed by atoms with Crippen LogP contribution in [-0.4, -0.2) is 0 Å². The lowest BCUT2D eigenvalue weighted by Crippen LogP contribution is -2.10. The van der Waals surface area contributed by atoms with Crippen LogP contribution in [0.2, 0.25) is 0 Å². The van der Waals surface area contributed by atoms with Crippen LogP contribution in [0.25, 0.3) is 63.7 Å². The number of fused-ring (bicyclic) bond motifs is 9. The maximum absolute atomic E-state index is 6.28. The van der Waals surface area contributed by atoms with E-state index in [1.54, 1.807) is 0 Å². The summed E-state index contributed by atoms with van der Waals surface area (Å²) in [5.74, 6) is 0. The Morgan fingerprint density at radius 2 is 0.889 bits per heavy atom. The van der Waals surface area contributed by atoms with Gasteiger partial charge < -0.3 is 14.2 Å². The highest BCUT2D eigenvalue weighted by atomic mass is 32.1. The average molecular weight is 709 g/mol. The van der Waals surface area contributed by atoms with Crippen molar-refractivity contribution in [3.63, 3.8) is 0 Å². The molecule has 2 aromatic heterocycles. The molecule has 9 aromatic carbocycles. The molecule has 0 amide bonds. The van der Waals surface area contributed by atoms with E-state index in [1.165, 1.54) is 41.7 Å². The van der Waals surface area contributed by atoms with Crippen LogP contribution in [0.4, 0.5) is 34.1 Å². The van der Waals surface area contributed by atoms with E-state index in [-0.39, 0.29) is 0 Å². The fourth-order valence-electron chi connectivity index (χ4n) is 8.13. The van der Waals surface area contributed by atoms with E-state index in [0.29, 0.717) is 0 Å². The molecular formula is C50H32N2OS. The van der Waals surface area contributed by atoms with Crippen molar-refractivity contribution in [3.05, 3.63) is 194 Å². The lowest BCUT2D eigenvalue weighted by Gasteiger charge is -2.28. The summed E-state index contributed by atoms with van der Waals surface area (Å²) in [4.78, 5) is 4.76. The van der Waals surface area contributed by atoms with Gasteiger partial charge in [-0.3, -0.25) is 0 Å². The van der Waals surface area contributed by atoms with E-state index in [9.17, 15) is 0 Å². The number of nitrogens with zero attached hydrogens (tertiary/aromatic N) is 2. The maximum atomic E-state index is 6.28. The molecule has 11 aromatic rings. The first-order valence-corrected chi connectivity index (χ1v) is 19.1. The topological polar surface area (TPSA) is 19.6 Å². The average Bonchev–Trinajstić information content (AvgIpc) is 3.79. The number of rotatable bonds is 6. The Balaban J connectivity index is 1.12. The van der Waals surface area contributed by atoms with E-state index in [2.05, 4.69) is 192 Å². The van der Waals surface area contributed by atoms with Gasteiger partial charge >= 0.3 is 0 Å². The van der Waals surface area contributed by atoms with E-state index < -0.39 is 0 Å². The largest absolute Gasteiger partial charge is 0.456 e. The Kier molecular flexibility index (Phi) is 7.04. The number of hydrogen-bond acceptors (Lipinski definition) is 4. The highest BCUT2D eigenvalue weighted by Gasteiger charge is 2.21. The number of para-hydroxylation sites is 3. The predicted molar refractivity (Wildman–Crippen MR) is 231 cm³/mol. The summed E-state index contributed by atoms with van der Waals surface area (Å²) in [5.41, 5.74) is 8.51. The fourth-order valence-corrected chi connectivity index (χ4v) is 9.25. The SMILES string of the molecule is c1ccc(N(c2ccccc2)c2ccc3sc4cc(N(c5ccc6oc7ccccc7c6c5)c5cc6ccccc6c6ccccc56)ccc4c3c2)cc1. The minimum atomic E-state index is 0.888. The zero-order valence-corrected chi connectivity index (χ0v) is 30.0. The van der Waals surface area contributed by atoms with Gasteiger partial charge in [0.1, 0.15) is 11.2 Å². The fraction of sp³-hybridized carbons (Fsp3) is 0. The van der Waals surface area contributed by atoms with Gasteiger partial charge in [-0.1, -0.05) is 109 Å². The van der Waals surface area contributed by atoms with Crippen molar-refractivity contribution < 1.29 is 4.42 Å². The first kappa shape index (κ1) is 30.7. The number of furan rings is 1. The summed E-state index contributed by atoms with van der Waals surface area (Å²) in [6.07, 6.45) is 0. The highest BCUT2D eigenvalue weighted by Crippen LogP contribution is 2.46. The molecule has 0 aliphatic carbocycles. The molecule has 0 unspecified atom stereocenters. The molecule has 0 radical (unpaired) electrons. The zero-order valence-electron chi connectivity index (χ0n) is 29.2. The molecule has 11 rings (SSSR count). The van der Waals surface area contributed by atoms with Crippen molar-refractivity contribution in [1.29, 1.82) is 0 Å². The minimum Gasteiger partial charge on any atom is -0.456 e. The number of benzene rings is 9.